The van der Waals surface area contributed by atoms with Crippen molar-refractivity contribution in [1.29, 1.82) is 0 Å². The molecule has 82 valence electrons. The maximum absolute atomic E-state index is 11.0. The summed E-state index contributed by atoms with van der Waals surface area (Å²) in [6, 6.07) is -1.13. The van der Waals surface area contributed by atoms with Crippen LogP contribution in [0, 0.1) is 12.3 Å². The molecule has 0 saturated carbocycles. The van der Waals surface area contributed by atoms with Gasteiger partial charge in [-0.1, -0.05) is 5.92 Å². The van der Waals surface area contributed by atoms with Crippen LogP contribution in [-0.2, 0) is 14.4 Å². The fourth-order valence-corrected chi connectivity index (χ4v) is 0.882. The number of nitrogens with one attached hydrogen (secondary N) is 1. The summed E-state index contributed by atoms with van der Waals surface area (Å²) in [6.07, 6.45) is 4.53. The van der Waals surface area contributed by atoms with Crippen LogP contribution in [0.2, 0.25) is 0 Å². The second kappa shape index (κ2) is 6.43. The molecule has 0 spiro atoms. The van der Waals surface area contributed by atoms with Crippen molar-refractivity contribution in [1.82, 2.24) is 5.32 Å². The number of aliphatic carboxylic acids is 1. The SMILES string of the molecule is C#CCC(=O)N[C@H](CCC(N)=O)C(=O)O. The number of carbonyl (C=O) groups excluding carboxylic acids is 2. The number of nitrogens with two attached hydrogens (primary N) is 1. The Kier molecular flexibility index (Phi) is 5.56. The summed E-state index contributed by atoms with van der Waals surface area (Å²) < 4.78 is 0. The molecule has 0 aromatic carbocycles. The molecule has 4 N–H and O–H groups in total. The fraction of sp³-hybridized carbons (Fsp3) is 0.444. The van der Waals surface area contributed by atoms with Crippen molar-refractivity contribution < 1.29 is 19.5 Å². The highest BCUT2D eigenvalue weighted by molar-refractivity contribution is 5.85. The summed E-state index contributed by atoms with van der Waals surface area (Å²) in [4.78, 5) is 32.0. The Bertz CT molecular complexity index is 306. The van der Waals surface area contributed by atoms with Gasteiger partial charge in [-0.05, 0) is 6.42 Å². The van der Waals surface area contributed by atoms with E-state index in [1.54, 1.807) is 0 Å². The van der Waals surface area contributed by atoms with Crippen LogP contribution in [0.25, 0.3) is 0 Å². The number of hydrogen-bond donors (Lipinski definition) is 3. The van der Waals surface area contributed by atoms with E-state index in [4.69, 9.17) is 17.3 Å². The van der Waals surface area contributed by atoms with Crippen LogP contribution in [0.4, 0.5) is 0 Å². The van der Waals surface area contributed by atoms with Crippen molar-refractivity contribution >= 4 is 17.8 Å². The van der Waals surface area contributed by atoms with Crippen molar-refractivity contribution in [2.45, 2.75) is 25.3 Å². The van der Waals surface area contributed by atoms with Crippen molar-refractivity contribution in [2.24, 2.45) is 5.73 Å². The average Bonchev–Trinajstić information content (AvgIpc) is 2.11. The Morgan fingerprint density at radius 3 is 2.47 bits per heavy atom. The van der Waals surface area contributed by atoms with E-state index in [0.29, 0.717) is 0 Å². The van der Waals surface area contributed by atoms with E-state index in [9.17, 15) is 14.4 Å². The maximum atomic E-state index is 11.0. The second-order valence-corrected chi connectivity index (χ2v) is 2.84. The van der Waals surface area contributed by atoms with Crippen LogP contribution in [0.3, 0.4) is 0 Å². The summed E-state index contributed by atoms with van der Waals surface area (Å²) in [6.45, 7) is 0. The first-order valence-corrected chi connectivity index (χ1v) is 4.21. The number of primary amides is 1. The van der Waals surface area contributed by atoms with E-state index in [-0.39, 0.29) is 19.3 Å². The summed E-state index contributed by atoms with van der Waals surface area (Å²) in [7, 11) is 0. The van der Waals surface area contributed by atoms with Gasteiger partial charge in [-0.15, -0.1) is 6.42 Å². The molecule has 1 atom stereocenters. The first-order valence-electron chi connectivity index (χ1n) is 4.21. The van der Waals surface area contributed by atoms with Gasteiger partial charge >= 0.3 is 5.97 Å². The van der Waals surface area contributed by atoms with Gasteiger partial charge in [-0.2, -0.15) is 0 Å². The van der Waals surface area contributed by atoms with Gasteiger partial charge in [-0.25, -0.2) is 4.79 Å². The highest BCUT2D eigenvalue weighted by atomic mass is 16.4. The standard InChI is InChI=1S/C9H12N2O4/c1-2-3-8(13)11-6(9(14)15)4-5-7(10)12/h1,6H,3-5H2,(H2,10,12)(H,11,13)(H,14,15)/t6-/m1/s1. The molecule has 0 fully saturated rings. The first-order chi connectivity index (χ1) is 6.97. The molecule has 6 heteroatoms. The summed E-state index contributed by atoms with van der Waals surface area (Å²) in [5, 5.41) is 10.9. The largest absolute Gasteiger partial charge is 0.480 e. The Labute approximate surface area is 86.8 Å². The zero-order valence-electron chi connectivity index (χ0n) is 8.03. The summed E-state index contributed by atoms with van der Waals surface area (Å²) in [5.41, 5.74) is 4.85. The lowest BCUT2D eigenvalue weighted by Crippen LogP contribution is -2.41. The normalized spacial score (nSPS) is 11.1. The molecule has 0 aromatic rings. The number of carboxylic acids is 1. The predicted molar refractivity (Wildman–Crippen MR) is 51.4 cm³/mol. The van der Waals surface area contributed by atoms with Crippen molar-refractivity contribution in [3.63, 3.8) is 0 Å². The zero-order valence-corrected chi connectivity index (χ0v) is 8.03. The molecule has 15 heavy (non-hydrogen) atoms. The third-order valence-corrected chi connectivity index (χ3v) is 1.58. The lowest BCUT2D eigenvalue weighted by Gasteiger charge is -2.12. The molecule has 0 aliphatic carbocycles. The minimum atomic E-state index is -1.22. The first kappa shape index (κ1) is 13.0. The zero-order chi connectivity index (χ0) is 11.8. The molecule has 0 saturated heterocycles. The van der Waals surface area contributed by atoms with Crippen molar-refractivity contribution in [3.8, 4) is 12.3 Å². The lowest BCUT2D eigenvalue weighted by atomic mass is 10.1. The smallest absolute Gasteiger partial charge is 0.326 e. The highest BCUT2D eigenvalue weighted by Crippen LogP contribution is 1.97. The molecule has 6 nitrogen and oxygen atoms in total. The molecule has 0 unspecified atom stereocenters. The Morgan fingerprint density at radius 2 is 2.07 bits per heavy atom. The number of amides is 2. The van der Waals surface area contributed by atoms with E-state index in [1.165, 1.54) is 0 Å². The van der Waals surface area contributed by atoms with Gasteiger partial charge in [0.15, 0.2) is 0 Å². The van der Waals surface area contributed by atoms with Gasteiger partial charge in [0.25, 0.3) is 0 Å². The van der Waals surface area contributed by atoms with Gasteiger partial charge in [0.05, 0.1) is 6.42 Å². The minimum Gasteiger partial charge on any atom is -0.480 e. The van der Waals surface area contributed by atoms with Gasteiger partial charge in [0.2, 0.25) is 11.8 Å². The van der Waals surface area contributed by atoms with Gasteiger partial charge in [0, 0.05) is 6.42 Å². The molecule has 0 aromatic heterocycles. The van der Waals surface area contributed by atoms with Crippen LogP contribution in [0.1, 0.15) is 19.3 Å². The van der Waals surface area contributed by atoms with Crippen molar-refractivity contribution in [2.75, 3.05) is 0 Å². The molecule has 0 heterocycles. The Hall–Kier alpha value is -2.03. The summed E-state index contributed by atoms with van der Waals surface area (Å²) in [5.74, 6) is -0.320. The van der Waals surface area contributed by atoms with Crippen molar-refractivity contribution in [3.05, 3.63) is 0 Å². The number of hydrogen-bond acceptors (Lipinski definition) is 3. The quantitative estimate of drug-likeness (QED) is 0.482. The van der Waals surface area contributed by atoms with Gasteiger partial charge < -0.3 is 16.2 Å². The van der Waals surface area contributed by atoms with Gasteiger partial charge in [-0.3, -0.25) is 9.59 Å². The molecule has 0 radical (unpaired) electrons. The van der Waals surface area contributed by atoms with Crippen LogP contribution in [0.15, 0.2) is 0 Å². The molecule has 0 bridgehead atoms. The van der Waals surface area contributed by atoms with Gasteiger partial charge in [0.1, 0.15) is 6.04 Å². The molecular weight excluding hydrogens is 200 g/mol. The molecule has 0 aliphatic rings. The average molecular weight is 212 g/mol. The Morgan fingerprint density at radius 1 is 1.47 bits per heavy atom. The predicted octanol–water partition coefficient (Wildman–Crippen LogP) is -1.16. The lowest BCUT2D eigenvalue weighted by molar-refractivity contribution is -0.142. The molecular formula is C9H12N2O4. The number of carbonyl (C=O) groups is 3. The molecule has 0 rings (SSSR count). The second-order valence-electron chi connectivity index (χ2n) is 2.84. The minimum absolute atomic E-state index is 0.0407. The number of terminal acetylenes is 1. The van der Waals surface area contributed by atoms with E-state index < -0.39 is 23.8 Å². The van der Waals surface area contributed by atoms with E-state index >= 15 is 0 Å². The fourth-order valence-electron chi connectivity index (χ4n) is 0.882. The van der Waals surface area contributed by atoms with E-state index in [1.807, 2.05) is 0 Å². The highest BCUT2D eigenvalue weighted by Gasteiger charge is 2.19. The maximum Gasteiger partial charge on any atom is 0.326 e. The number of carboxylic acid groups (broad SMARTS) is 1. The van der Waals surface area contributed by atoms with Crippen LogP contribution in [-0.4, -0.2) is 28.9 Å². The number of rotatable bonds is 6. The van der Waals surface area contributed by atoms with E-state index in [0.717, 1.165) is 0 Å². The monoisotopic (exact) mass is 212 g/mol. The molecule has 0 aliphatic heterocycles. The van der Waals surface area contributed by atoms with Crippen LogP contribution in [0.5, 0.6) is 0 Å². The van der Waals surface area contributed by atoms with E-state index in [2.05, 4.69) is 11.2 Å². The molecule has 2 amide bonds. The third kappa shape index (κ3) is 6.10. The van der Waals surface area contributed by atoms with Crippen LogP contribution >= 0.6 is 0 Å². The third-order valence-electron chi connectivity index (χ3n) is 1.58. The topological polar surface area (TPSA) is 109 Å². The summed E-state index contributed by atoms with van der Waals surface area (Å²) >= 11 is 0. The Balaban J connectivity index is 4.17. The van der Waals surface area contributed by atoms with Crippen LogP contribution < -0.4 is 11.1 Å².